The number of nitrogens with one attached hydrogen (secondary N) is 6. The number of amides is 7. The number of carbonyl (C=O) groups is 8. The van der Waals surface area contributed by atoms with E-state index >= 15 is 0 Å². The summed E-state index contributed by atoms with van der Waals surface area (Å²) in [6, 6.07) is 7.22. The Hall–Kier alpha value is -7.58. The molecule has 25 nitrogen and oxygen atoms in total. The van der Waals surface area contributed by atoms with Crippen molar-refractivity contribution < 1.29 is 48.6 Å². The number of carboxylic acid groups (broad SMARTS) is 1. The molecular weight excluding hydrogens is 1010 g/mol. The first kappa shape index (κ1) is 62.0. The van der Waals surface area contributed by atoms with Gasteiger partial charge in [0, 0.05) is 61.7 Å². The predicted octanol–water partition coefficient (Wildman–Crippen LogP) is -1.42. The fraction of sp³-hybridized carbons (Fsp3) is 0.510. The first-order chi connectivity index (χ1) is 36.9. The van der Waals surface area contributed by atoms with Crippen molar-refractivity contribution in [1.29, 1.82) is 0 Å². The van der Waals surface area contributed by atoms with Crippen molar-refractivity contribution in [3.8, 4) is 0 Å². The number of nitrogens with zero attached hydrogens (tertiary/aromatic N) is 4. The smallest absolute Gasteiger partial charge is 0.326 e. The molecule has 2 aromatic carbocycles. The third-order valence-electron chi connectivity index (χ3n) is 12.5. The number of likely N-dealkylation sites (tertiary alicyclic amines) is 1. The lowest BCUT2D eigenvalue weighted by molar-refractivity contribution is -0.142. The number of aliphatic imine (C=N–C) groups is 2. The van der Waals surface area contributed by atoms with Crippen LogP contribution in [0, 0.1) is 0 Å². The van der Waals surface area contributed by atoms with E-state index in [-0.39, 0.29) is 76.5 Å². The molecule has 7 atom stereocenters. The van der Waals surface area contributed by atoms with Gasteiger partial charge < -0.3 is 75.7 Å². The van der Waals surface area contributed by atoms with Crippen molar-refractivity contribution in [2.45, 2.75) is 131 Å². The molecule has 420 valence electrons. The lowest BCUT2D eigenvalue weighted by atomic mass is 10.0. The Morgan fingerprint density at radius 2 is 1.35 bits per heavy atom. The number of rotatable bonds is 33. The number of nitrogens with two attached hydrogens (primary N) is 5. The number of aromatic nitrogens is 1. The molecular formula is C51H75N15O10S. The monoisotopic (exact) mass is 1090 g/mol. The van der Waals surface area contributed by atoms with Gasteiger partial charge in [-0.3, -0.25) is 48.5 Å². The molecule has 0 unspecified atom stereocenters. The maximum absolute atomic E-state index is 14.2. The molecule has 1 aromatic heterocycles. The number of pyridine rings is 1. The molecule has 2 heterocycles. The van der Waals surface area contributed by atoms with E-state index in [9.17, 15) is 48.6 Å². The molecule has 1 aliphatic rings. The lowest BCUT2D eigenvalue weighted by Crippen LogP contribution is -2.60. The van der Waals surface area contributed by atoms with E-state index in [1.807, 2.05) is 24.3 Å². The molecule has 0 saturated carbocycles. The Morgan fingerprint density at radius 1 is 0.740 bits per heavy atom. The van der Waals surface area contributed by atoms with Gasteiger partial charge in [0.1, 0.15) is 36.3 Å². The van der Waals surface area contributed by atoms with E-state index in [4.69, 9.17) is 28.7 Å². The highest BCUT2D eigenvalue weighted by Gasteiger charge is 2.38. The molecule has 77 heavy (non-hydrogen) atoms. The normalized spacial score (nSPS) is 15.3. The third-order valence-corrected chi connectivity index (χ3v) is 13.6. The van der Waals surface area contributed by atoms with E-state index in [0.717, 1.165) is 15.7 Å². The highest BCUT2D eigenvalue weighted by Crippen LogP contribution is 2.27. The summed E-state index contributed by atoms with van der Waals surface area (Å²) in [4.78, 5) is 123. The van der Waals surface area contributed by atoms with Gasteiger partial charge in [0.15, 0.2) is 11.9 Å². The lowest BCUT2D eigenvalue weighted by Gasteiger charge is -2.29. The second-order valence-electron chi connectivity index (χ2n) is 18.4. The number of hydrogen-bond donors (Lipinski definition) is 13. The minimum atomic E-state index is -1.68. The standard InChI is InChI=1S/C51H75N15O10S/c1-2-11-35(61-44(70)36(16-8-23-60-51(55)56)63-47(73)40-17-9-26-66(40)48(74)34(52)15-7-22-59-50(53)54)43(69)62-37(19-20-42(68)58-24-10-27-77-41-18-6-14-32-29-57-25-21-33(32)41)45(71)65-39(30-67)46(72)64-38(49(75)76)28-31-12-4-3-5-13-31/h3-6,12-14,18,21,25,29,34-40,67H,2,7-11,15-17,19-20,22-24,26-28,30,52H2,1H3,(H,58,68)(H,61,70)(H,62,69)(H,63,73)(H,64,72)(H,65,71)(H,75,76)(H4,53,54,59)(H4,55,56,60)/t34-,35-,36-,37-,38-,39-,40-/m0/s1. The average Bonchev–Trinajstić information content (AvgIpc) is 3.91. The SMILES string of the molecule is CCC[C@H](NC(=O)[C@H](CCCN=C(N)N)NC(=O)[C@@H]1CCCN1C(=O)[C@@H](N)CCCN=C(N)N)C(=O)N[C@@H](CCC(=O)NCCCSc1cccc2cnccc12)C(=O)N[C@@H](CO)C(=O)N[C@@H](Cc1ccccc1)C(=O)O. The molecule has 1 fully saturated rings. The van der Waals surface area contributed by atoms with Crippen LogP contribution < -0.4 is 60.6 Å². The number of guanidine groups is 2. The molecule has 1 saturated heterocycles. The van der Waals surface area contributed by atoms with Crippen LogP contribution in [0.2, 0.25) is 0 Å². The van der Waals surface area contributed by atoms with Crippen molar-refractivity contribution in [3.63, 3.8) is 0 Å². The Balaban J connectivity index is 1.48. The number of benzene rings is 2. The van der Waals surface area contributed by atoms with Crippen LogP contribution in [0.15, 0.2) is 81.9 Å². The van der Waals surface area contributed by atoms with Crippen LogP contribution >= 0.6 is 11.8 Å². The Morgan fingerprint density at radius 3 is 1.99 bits per heavy atom. The zero-order valence-electron chi connectivity index (χ0n) is 43.4. The number of hydrogen-bond acceptors (Lipinski definition) is 14. The minimum Gasteiger partial charge on any atom is -0.480 e. The molecule has 26 heteroatoms. The molecule has 0 radical (unpaired) electrons. The van der Waals surface area contributed by atoms with Crippen LogP contribution in [0.1, 0.15) is 83.1 Å². The quantitative estimate of drug-likeness (QED) is 0.0144. The van der Waals surface area contributed by atoms with Crippen molar-refractivity contribution in [1.82, 2.24) is 41.8 Å². The first-order valence-corrected chi connectivity index (χ1v) is 26.7. The van der Waals surface area contributed by atoms with Gasteiger partial charge in [-0.05, 0) is 86.6 Å². The molecule has 3 aromatic rings. The van der Waals surface area contributed by atoms with E-state index in [1.165, 1.54) is 4.90 Å². The van der Waals surface area contributed by atoms with Crippen molar-refractivity contribution >= 4 is 81.8 Å². The number of thioether (sulfide) groups is 1. The van der Waals surface area contributed by atoms with Crippen LogP contribution in [0.4, 0.5) is 0 Å². The van der Waals surface area contributed by atoms with Gasteiger partial charge >= 0.3 is 5.97 Å². The number of aliphatic carboxylic acids is 1. The fourth-order valence-corrected chi connectivity index (χ4v) is 9.45. The highest BCUT2D eigenvalue weighted by atomic mass is 32.2. The summed E-state index contributed by atoms with van der Waals surface area (Å²) in [5.74, 6) is -6.17. The van der Waals surface area contributed by atoms with Crippen LogP contribution in [-0.4, -0.2) is 160 Å². The van der Waals surface area contributed by atoms with Gasteiger partial charge in [-0.25, -0.2) is 4.79 Å². The zero-order valence-corrected chi connectivity index (χ0v) is 44.2. The summed E-state index contributed by atoms with van der Waals surface area (Å²) in [5, 5.41) is 37.9. The molecule has 18 N–H and O–H groups in total. The molecule has 4 rings (SSSR count). The topological polar surface area (TPSA) is 420 Å². The van der Waals surface area contributed by atoms with Gasteiger partial charge in [0.2, 0.25) is 41.4 Å². The van der Waals surface area contributed by atoms with Crippen molar-refractivity contribution in [2.75, 3.05) is 38.5 Å². The molecule has 1 aliphatic heterocycles. The van der Waals surface area contributed by atoms with E-state index in [2.05, 4.69) is 46.9 Å². The summed E-state index contributed by atoms with van der Waals surface area (Å²) in [7, 11) is 0. The summed E-state index contributed by atoms with van der Waals surface area (Å²) in [6.07, 6.45) is 5.44. The van der Waals surface area contributed by atoms with Crippen LogP contribution in [0.3, 0.4) is 0 Å². The zero-order chi connectivity index (χ0) is 56.3. The summed E-state index contributed by atoms with van der Waals surface area (Å²) < 4.78 is 0. The average molecular weight is 1090 g/mol. The van der Waals surface area contributed by atoms with Crippen LogP contribution in [0.25, 0.3) is 10.8 Å². The third kappa shape index (κ3) is 21.2. The summed E-state index contributed by atoms with van der Waals surface area (Å²) in [5.41, 5.74) is 28.6. The maximum atomic E-state index is 14.2. The van der Waals surface area contributed by atoms with Gasteiger partial charge in [-0.2, -0.15) is 0 Å². The Labute approximate surface area is 451 Å². The minimum absolute atomic E-state index is 0.00179. The number of carbonyl (C=O) groups excluding carboxylic acids is 7. The molecule has 7 amide bonds. The first-order valence-electron chi connectivity index (χ1n) is 25.7. The number of fused-ring (bicyclic) bond motifs is 1. The molecule has 0 aliphatic carbocycles. The van der Waals surface area contributed by atoms with E-state index < -0.39 is 96.2 Å². The van der Waals surface area contributed by atoms with E-state index in [0.29, 0.717) is 50.0 Å². The fourth-order valence-electron chi connectivity index (χ4n) is 8.42. The summed E-state index contributed by atoms with van der Waals surface area (Å²) in [6.45, 7) is 1.67. The Kier molecular flexibility index (Phi) is 26.4. The predicted molar refractivity (Wildman–Crippen MR) is 291 cm³/mol. The van der Waals surface area contributed by atoms with Gasteiger partial charge in [0.25, 0.3) is 0 Å². The number of carboxylic acids is 1. The Bertz CT molecular complexity index is 2510. The molecule has 0 spiro atoms. The number of aliphatic hydroxyl groups excluding tert-OH is 1. The van der Waals surface area contributed by atoms with Crippen LogP contribution in [0.5, 0.6) is 0 Å². The van der Waals surface area contributed by atoms with Gasteiger partial charge in [-0.1, -0.05) is 55.8 Å². The van der Waals surface area contributed by atoms with Crippen LogP contribution in [-0.2, 0) is 44.8 Å². The van der Waals surface area contributed by atoms with E-state index in [1.54, 1.807) is 61.4 Å². The van der Waals surface area contributed by atoms with Gasteiger partial charge in [0.05, 0.1) is 12.6 Å². The number of aliphatic hydroxyl groups is 1. The highest BCUT2D eigenvalue weighted by molar-refractivity contribution is 7.99. The summed E-state index contributed by atoms with van der Waals surface area (Å²) >= 11 is 1.62. The maximum Gasteiger partial charge on any atom is 0.326 e. The van der Waals surface area contributed by atoms with Gasteiger partial charge in [-0.15, -0.1) is 11.8 Å². The largest absolute Gasteiger partial charge is 0.480 e. The molecule has 0 bridgehead atoms. The van der Waals surface area contributed by atoms with Crippen molar-refractivity contribution in [3.05, 3.63) is 72.6 Å². The second-order valence-corrected chi connectivity index (χ2v) is 19.6. The van der Waals surface area contributed by atoms with Crippen molar-refractivity contribution in [2.24, 2.45) is 38.7 Å². The second kappa shape index (κ2) is 32.8.